The molecular weight excluding hydrogens is 267 g/mol. The highest BCUT2D eigenvalue weighted by Gasteiger charge is 2.24. The van der Waals surface area contributed by atoms with Gasteiger partial charge < -0.3 is 5.32 Å². The molecule has 1 heterocycles. The number of anilines is 1. The zero-order valence-electron chi connectivity index (χ0n) is 10.1. The Balaban J connectivity index is 2.10. The van der Waals surface area contributed by atoms with E-state index in [2.05, 4.69) is 5.32 Å². The molecule has 0 saturated carbocycles. The molecule has 0 radical (unpaired) electrons. The summed E-state index contributed by atoms with van der Waals surface area (Å²) >= 11 is 0. The fraction of sp³-hybridized carbons (Fsp3) is 0. The summed E-state index contributed by atoms with van der Waals surface area (Å²) in [5, 5.41) is 2.58. The summed E-state index contributed by atoms with van der Waals surface area (Å²) in [6.07, 6.45) is 1.39. The van der Waals surface area contributed by atoms with E-state index < -0.39 is 23.4 Å². The summed E-state index contributed by atoms with van der Waals surface area (Å²) in [5.74, 6) is -2.85. The van der Waals surface area contributed by atoms with Gasteiger partial charge in [0.05, 0.1) is 0 Å². The van der Waals surface area contributed by atoms with E-state index in [9.17, 15) is 18.0 Å². The highest BCUT2D eigenvalue weighted by Crippen LogP contribution is 2.33. The van der Waals surface area contributed by atoms with Crippen LogP contribution >= 0.6 is 0 Å². The highest BCUT2D eigenvalue weighted by molar-refractivity contribution is 6.34. The van der Waals surface area contributed by atoms with Gasteiger partial charge in [0.25, 0.3) is 5.91 Å². The van der Waals surface area contributed by atoms with Gasteiger partial charge in [-0.2, -0.15) is 0 Å². The first-order valence-electron chi connectivity index (χ1n) is 5.82. The van der Waals surface area contributed by atoms with Crippen molar-refractivity contribution in [1.82, 2.24) is 0 Å². The third-order valence-electron chi connectivity index (χ3n) is 3.02. The highest BCUT2D eigenvalue weighted by atomic mass is 19.2. The van der Waals surface area contributed by atoms with Crippen molar-refractivity contribution in [2.45, 2.75) is 0 Å². The maximum absolute atomic E-state index is 13.2. The minimum absolute atomic E-state index is 0.213. The van der Waals surface area contributed by atoms with E-state index in [1.54, 1.807) is 0 Å². The first kappa shape index (κ1) is 12.5. The van der Waals surface area contributed by atoms with Gasteiger partial charge in [-0.15, -0.1) is 0 Å². The van der Waals surface area contributed by atoms with Gasteiger partial charge in [0.2, 0.25) is 0 Å². The third kappa shape index (κ3) is 2.07. The molecule has 2 aromatic rings. The number of hydrogen-bond acceptors (Lipinski definition) is 1. The smallest absolute Gasteiger partial charge is 0.256 e. The summed E-state index contributed by atoms with van der Waals surface area (Å²) in [6.45, 7) is 0. The molecule has 2 aromatic carbocycles. The molecule has 0 bridgehead atoms. The van der Waals surface area contributed by atoms with Crippen LogP contribution in [-0.4, -0.2) is 5.91 Å². The van der Waals surface area contributed by atoms with Crippen LogP contribution in [0.4, 0.5) is 18.9 Å². The number of rotatable bonds is 1. The molecule has 0 aliphatic carbocycles. The van der Waals surface area contributed by atoms with Gasteiger partial charge in [-0.1, -0.05) is 6.07 Å². The van der Waals surface area contributed by atoms with Crippen LogP contribution in [0.1, 0.15) is 11.1 Å². The SMILES string of the molecule is O=C1Nc2ccc(F)cc2C1=Cc1ccc(F)c(F)c1. The van der Waals surface area contributed by atoms with Crippen LogP contribution in [0.3, 0.4) is 0 Å². The lowest BCUT2D eigenvalue weighted by Crippen LogP contribution is -2.03. The van der Waals surface area contributed by atoms with Gasteiger partial charge >= 0.3 is 0 Å². The number of fused-ring (bicyclic) bond motifs is 1. The van der Waals surface area contributed by atoms with Gasteiger partial charge in [-0.25, -0.2) is 13.2 Å². The van der Waals surface area contributed by atoms with Crippen LogP contribution in [0.15, 0.2) is 36.4 Å². The molecule has 0 aromatic heterocycles. The van der Waals surface area contributed by atoms with E-state index in [1.807, 2.05) is 0 Å². The largest absolute Gasteiger partial charge is 0.321 e. The van der Waals surface area contributed by atoms with Crippen LogP contribution in [0.25, 0.3) is 11.6 Å². The Morgan fingerprint density at radius 1 is 0.950 bits per heavy atom. The average Bonchev–Trinajstić information content (AvgIpc) is 2.70. The van der Waals surface area contributed by atoms with Gasteiger partial charge in [0.1, 0.15) is 5.82 Å². The Kier molecular flexibility index (Phi) is 2.82. The first-order chi connectivity index (χ1) is 9.54. The lowest BCUT2D eigenvalue weighted by Gasteiger charge is -2.00. The summed E-state index contributed by atoms with van der Waals surface area (Å²) in [5.41, 5.74) is 1.43. The van der Waals surface area contributed by atoms with Crippen LogP contribution in [0.2, 0.25) is 0 Å². The van der Waals surface area contributed by atoms with Crippen molar-refractivity contribution < 1.29 is 18.0 Å². The van der Waals surface area contributed by atoms with E-state index in [1.165, 1.54) is 30.3 Å². The summed E-state index contributed by atoms with van der Waals surface area (Å²) in [6, 6.07) is 7.21. The Hall–Kier alpha value is -2.56. The third-order valence-corrected chi connectivity index (χ3v) is 3.02. The molecule has 5 heteroatoms. The quantitative estimate of drug-likeness (QED) is 0.792. The standard InChI is InChI=1S/C15H8F3NO/c16-9-2-4-14-10(7-9)11(15(20)19-14)5-8-1-3-12(17)13(18)6-8/h1-7H,(H,19,20). The van der Waals surface area contributed by atoms with Crippen molar-refractivity contribution in [2.75, 3.05) is 5.32 Å². The molecule has 20 heavy (non-hydrogen) atoms. The van der Waals surface area contributed by atoms with Crippen LogP contribution < -0.4 is 5.32 Å². The van der Waals surface area contributed by atoms with Crippen molar-refractivity contribution in [3.63, 3.8) is 0 Å². The molecule has 0 atom stereocenters. The van der Waals surface area contributed by atoms with Crippen LogP contribution in [0.5, 0.6) is 0 Å². The average molecular weight is 275 g/mol. The first-order valence-corrected chi connectivity index (χ1v) is 5.82. The monoisotopic (exact) mass is 275 g/mol. The van der Waals surface area contributed by atoms with Crippen molar-refractivity contribution in [1.29, 1.82) is 0 Å². The number of hydrogen-bond donors (Lipinski definition) is 1. The minimum Gasteiger partial charge on any atom is -0.321 e. The van der Waals surface area contributed by atoms with Crippen LogP contribution in [-0.2, 0) is 4.79 Å². The van der Waals surface area contributed by atoms with Gasteiger partial charge in [0, 0.05) is 16.8 Å². The number of halogens is 3. The van der Waals surface area contributed by atoms with E-state index in [-0.39, 0.29) is 5.57 Å². The molecular formula is C15H8F3NO. The van der Waals surface area contributed by atoms with E-state index >= 15 is 0 Å². The lowest BCUT2D eigenvalue weighted by atomic mass is 10.0. The van der Waals surface area contributed by atoms with Crippen LogP contribution in [0, 0.1) is 17.5 Å². The second-order valence-corrected chi connectivity index (χ2v) is 4.38. The number of carbonyl (C=O) groups is 1. The molecule has 1 aliphatic heterocycles. The maximum atomic E-state index is 13.2. The Labute approximate surface area is 112 Å². The molecule has 0 spiro atoms. The number of carbonyl (C=O) groups excluding carboxylic acids is 1. The summed E-state index contributed by atoms with van der Waals surface area (Å²) in [7, 11) is 0. The predicted molar refractivity (Wildman–Crippen MR) is 69.3 cm³/mol. The normalized spacial score (nSPS) is 15.3. The molecule has 2 nitrogen and oxygen atoms in total. The molecule has 100 valence electrons. The van der Waals surface area contributed by atoms with E-state index in [4.69, 9.17) is 0 Å². The van der Waals surface area contributed by atoms with Crippen molar-refractivity contribution in [3.05, 3.63) is 65.0 Å². The fourth-order valence-corrected chi connectivity index (χ4v) is 2.07. The molecule has 0 saturated heterocycles. The topological polar surface area (TPSA) is 29.1 Å². The Bertz CT molecular complexity index is 753. The molecule has 0 unspecified atom stereocenters. The maximum Gasteiger partial charge on any atom is 0.256 e. The predicted octanol–water partition coefficient (Wildman–Crippen LogP) is 3.60. The van der Waals surface area contributed by atoms with E-state index in [0.29, 0.717) is 16.8 Å². The fourth-order valence-electron chi connectivity index (χ4n) is 2.07. The molecule has 1 N–H and O–H groups in total. The van der Waals surface area contributed by atoms with Gasteiger partial charge in [0.15, 0.2) is 11.6 Å². The second-order valence-electron chi connectivity index (χ2n) is 4.38. The van der Waals surface area contributed by atoms with Crippen molar-refractivity contribution >= 4 is 23.2 Å². The Morgan fingerprint density at radius 3 is 2.50 bits per heavy atom. The summed E-state index contributed by atoms with van der Waals surface area (Å²) in [4.78, 5) is 11.8. The molecule has 3 rings (SSSR count). The number of nitrogens with one attached hydrogen (secondary N) is 1. The summed E-state index contributed by atoms with van der Waals surface area (Å²) < 4.78 is 39.2. The van der Waals surface area contributed by atoms with Crippen molar-refractivity contribution in [3.8, 4) is 0 Å². The Morgan fingerprint density at radius 2 is 1.75 bits per heavy atom. The van der Waals surface area contributed by atoms with Gasteiger partial charge in [-0.3, -0.25) is 4.79 Å². The van der Waals surface area contributed by atoms with Crippen molar-refractivity contribution in [2.24, 2.45) is 0 Å². The molecule has 0 fully saturated rings. The zero-order valence-corrected chi connectivity index (χ0v) is 10.1. The second kappa shape index (κ2) is 4.52. The molecule has 1 amide bonds. The van der Waals surface area contributed by atoms with E-state index in [0.717, 1.165) is 12.1 Å². The number of amides is 1. The zero-order chi connectivity index (χ0) is 14.3. The lowest BCUT2D eigenvalue weighted by molar-refractivity contribution is -0.110. The molecule has 1 aliphatic rings. The number of benzene rings is 2. The van der Waals surface area contributed by atoms with Gasteiger partial charge in [-0.05, 0) is 42.0 Å². The minimum atomic E-state index is -1.00.